The molecule has 0 aromatic carbocycles. The second kappa shape index (κ2) is 6.02. The summed E-state index contributed by atoms with van der Waals surface area (Å²) in [5.41, 5.74) is 7.51. The van der Waals surface area contributed by atoms with Crippen LogP contribution in [0.4, 0.5) is 11.5 Å². The fourth-order valence-corrected chi connectivity index (χ4v) is 2.19. The number of nitrogens with two attached hydrogens (primary N) is 1. The average Bonchev–Trinajstić information content (AvgIpc) is 2.34. The summed E-state index contributed by atoms with van der Waals surface area (Å²) in [6.45, 7) is 8.68. The SMILES string of the molecule is Cc1cc(N)cnc1NCCN1CCN(C)CC1. The van der Waals surface area contributed by atoms with Crippen molar-refractivity contribution >= 4 is 11.5 Å². The van der Waals surface area contributed by atoms with E-state index in [1.807, 2.05) is 13.0 Å². The van der Waals surface area contributed by atoms with Gasteiger partial charge < -0.3 is 16.0 Å². The smallest absolute Gasteiger partial charge is 0.129 e. The van der Waals surface area contributed by atoms with Crippen molar-refractivity contribution in [3.63, 3.8) is 0 Å². The third kappa shape index (κ3) is 3.58. The van der Waals surface area contributed by atoms with Gasteiger partial charge in [-0.25, -0.2) is 4.98 Å². The topological polar surface area (TPSA) is 57.4 Å². The minimum absolute atomic E-state index is 0.720. The summed E-state index contributed by atoms with van der Waals surface area (Å²) in [6, 6.07) is 1.95. The van der Waals surface area contributed by atoms with Gasteiger partial charge >= 0.3 is 0 Å². The number of piperazine rings is 1. The van der Waals surface area contributed by atoms with E-state index in [1.54, 1.807) is 6.20 Å². The lowest BCUT2D eigenvalue weighted by molar-refractivity contribution is 0.158. The fourth-order valence-electron chi connectivity index (χ4n) is 2.19. The van der Waals surface area contributed by atoms with Crippen LogP contribution in [0.2, 0.25) is 0 Å². The molecule has 1 aliphatic heterocycles. The number of aromatic nitrogens is 1. The molecule has 5 heteroatoms. The third-order valence-electron chi connectivity index (χ3n) is 3.42. The number of rotatable bonds is 4. The van der Waals surface area contributed by atoms with E-state index in [2.05, 4.69) is 27.1 Å². The van der Waals surface area contributed by atoms with Crippen LogP contribution in [0.1, 0.15) is 5.56 Å². The zero-order valence-corrected chi connectivity index (χ0v) is 11.3. The number of anilines is 2. The molecule has 3 N–H and O–H groups in total. The van der Waals surface area contributed by atoms with Gasteiger partial charge in [-0.1, -0.05) is 0 Å². The molecule has 0 radical (unpaired) electrons. The molecule has 1 aliphatic rings. The number of nitrogens with zero attached hydrogens (tertiary/aromatic N) is 3. The molecule has 0 aliphatic carbocycles. The van der Waals surface area contributed by atoms with Crippen molar-refractivity contribution < 1.29 is 0 Å². The molecule has 0 amide bonds. The Kier molecular flexibility index (Phi) is 4.38. The first-order valence-corrected chi connectivity index (χ1v) is 6.52. The second-order valence-electron chi connectivity index (χ2n) is 5.01. The molecule has 1 aromatic rings. The molecule has 1 fully saturated rings. The van der Waals surface area contributed by atoms with E-state index in [9.17, 15) is 0 Å². The van der Waals surface area contributed by atoms with Crippen LogP contribution in [-0.4, -0.2) is 61.1 Å². The summed E-state index contributed by atoms with van der Waals surface area (Å²) < 4.78 is 0. The second-order valence-corrected chi connectivity index (χ2v) is 5.01. The van der Waals surface area contributed by atoms with Gasteiger partial charge in [0.05, 0.1) is 11.9 Å². The number of hydrogen-bond acceptors (Lipinski definition) is 5. The van der Waals surface area contributed by atoms with Crippen LogP contribution in [0.25, 0.3) is 0 Å². The lowest BCUT2D eigenvalue weighted by atomic mass is 10.2. The van der Waals surface area contributed by atoms with E-state index >= 15 is 0 Å². The van der Waals surface area contributed by atoms with Gasteiger partial charge in [0.15, 0.2) is 0 Å². The van der Waals surface area contributed by atoms with Gasteiger partial charge in [-0.15, -0.1) is 0 Å². The van der Waals surface area contributed by atoms with E-state index < -0.39 is 0 Å². The lowest BCUT2D eigenvalue weighted by Crippen LogP contribution is -2.45. The van der Waals surface area contributed by atoms with E-state index in [1.165, 1.54) is 13.1 Å². The van der Waals surface area contributed by atoms with Crippen LogP contribution in [0.3, 0.4) is 0 Å². The summed E-state index contributed by atoms with van der Waals surface area (Å²) in [5, 5.41) is 3.38. The maximum absolute atomic E-state index is 5.68. The van der Waals surface area contributed by atoms with E-state index in [-0.39, 0.29) is 0 Å². The Balaban J connectivity index is 1.75. The Hall–Kier alpha value is -1.33. The summed E-state index contributed by atoms with van der Waals surface area (Å²) in [4.78, 5) is 9.17. The highest BCUT2D eigenvalue weighted by molar-refractivity contribution is 5.50. The van der Waals surface area contributed by atoms with Gasteiger partial charge in [0.1, 0.15) is 5.82 Å². The Morgan fingerprint density at radius 1 is 1.33 bits per heavy atom. The molecule has 2 heterocycles. The van der Waals surface area contributed by atoms with Gasteiger partial charge in [-0.05, 0) is 25.6 Å². The molecule has 0 unspecified atom stereocenters. The first-order chi connectivity index (χ1) is 8.65. The van der Waals surface area contributed by atoms with Crippen molar-refractivity contribution in [3.05, 3.63) is 17.8 Å². The normalized spacial score (nSPS) is 17.9. The molecule has 1 saturated heterocycles. The summed E-state index contributed by atoms with van der Waals surface area (Å²) in [6.07, 6.45) is 1.70. The maximum atomic E-state index is 5.68. The number of nitrogen functional groups attached to an aromatic ring is 1. The van der Waals surface area contributed by atoms with Gasteiger partial charge in [0.2, 0.25) is 0 Å². The molecule has 100 valence electrons. The van der Waals surface area contributed by atoms with E-state index in [0.717, 1.165) is 43.2 Å². The monoisotopic (exact) mass is 249 g/mol. The summed E-state index contributed by atoms with van der Waals surface area (Å²) >= 11 is 0. The predicted molar refractivity (Wildman–Crippen MR) is 75.8 cm³/mol. The number of pyridine rings is 1. The average molecular weight is 249 g/mol. The summed E-state index contributed by atoms with van der Waals surface area (Å²) in [5.74, 6) is 0.943. The zero-order valence-electron chi connectivity index (χ0n) is 11.3. The van der Waals surface area contributed by atoms with Crippen LogP contribution >= 0.6 is 0 Å². The highest BCUT2D eigenvalue weighted by Gasteiger charge is 2.12. The zero-order chi connectivity index (χ0) is 13.0. The van der Waals surface area contributed by atoms with Crippen LogP contribution in [0.15, 0.2) is 12.3 Å². The number of nitrogens with one attached hydrogen (secondary N) is 1. The molecular weight excluding hydrogens is 226 g/mol. The van der Waals surface area contributed by atoms with Gasteiger partial charge in [0.25, 0.3) is 0 Å². The Morgan fingerprint density at radius 3 is 2.72 bits per heavy atom. The largest absolute Gasteiger partial charge is 0.397 e. The lowest BCUT2D eigenvalue weighted by Gasteiger charge is -2.32. The standard InChI is InChI=1S/C13H23N5/c1-11-9-12(14)10-16-13(11)15-3-4-18-7-5-17(2)6-8-18/h9-10H,3-8,14H2,1-2H3,(H,15,16). The molecule has 0 atom stereocenters. The Morgan fingerprint density at radius 2 is 2.06 bits per heavy atom. The van der Waals surface area contributed by atoms with Crippen LogP contribution < -0.4 is 11.1 Å². The van der Waals surface area contributed by atoms with Crippen molar-refractivity contribution in [1.29, 1.82) is 0 Å². The summed E-state index contributed by atoms with van der Waals surface area (Å²) in [7, 11) is 2.18. The van der Waals surface area contributed by atoms with Crippen LogP contribution in [0.5, 0.6) is 0 Å². The molecule has 18 heavy (non-hydrogen) atoms. The highest BCUT2D eigenvalue weighted by Crippen LogP contribution is 2.13. The van der Waals surface area contributed by atoms with Gasteiger partial charge in [-0.3, -0.25) is 4.90 Å². The number of hydrogen-bond donors (Lipinski definition) is 2. The van der Waals surface area contributed by atoms with E-state index in [4.69, 9.17) is 5.73 Å². The van der Waals surface area contributed by atoms with Crippen LogP contribution in [-0.2, 0) is 0 Å². The minimum Gasteiger partial charge on any atom is -0.397 e. The first-order valence-electron chi connectivity index (χ1n) is 6.52. The molecule has 2 rings (SSSR count). The molecular formula is C13H23N5. The molecule has 0 bridgehead atoms. The molecule has 5 nitrogen and oxygen atoms in total. The third-order valence-corrected chi connectivity index (χ3v) is 3.42. The minimum atomic E-state index is 0.720. The van der Waals surface area contributed by atoms with Crippen molar-refractivity contribution in [2.24, 2.45) is 0 Å². The highest BCUT2D eigenvalue weighted by atomic mass is 15.2. The first kappa shape index (κ1) is 13.1. The van der Waals surface area contributed by atoms with Crippen molar-refractivity contribution in [1.82, 2.24) is 14.8 Å². The molecule has 0 spiro atoms. The van der Waals surface area contributed by atoms with Crippen molar-refractivity contribution in [2.75, 3.05) is 57.4 Å². The maximum Gasteiger partial charge on any atom is 0.129 e. The van der Waals surface area contributed by atoms with Gasteiger partial charge in [0, 0.05) is 39.3 Å². The van der Waals surface area contributed by atoms with E-state index in [0.29, 0.717) is 0 Å². The Labute approximate surface area is 109 Å². The van der Waals surface area contributed by atoms with Gasteiger partial charge in [-0.2, -0.15) is 0 Å². The fraction of sp³-hybridized carbons (Fsp3) is 0.615. The Bertz CT molecular complexity index is 385. The van der Waals surface area contributed by atoms with Crippen molar-refractivity contribution in [2.45, 2.75) is 6.92 Å². The molecule has 1 aromatic heterocycles. The number of aryl methyl sites for hydroxylation is 1. The predicted octanol–water partition coefficient (Wildman–Crippen LogP) is 0.632. The van der Waals surface area contributed by atoms with Crippen LogP contribution in [0, 0.1) is 6.92 Å². The molecule has 0 saturated carbocycles. The van der Waals surface area contributed by atoms with Crippen molar-refractivity contribution in [3.8, 4) is 0 Å². The number of likely N-dealkylation sites (N-methyl/N-ethyl adjacent to an activating group) is 1. The quantitative estimate of drug-likeness (QED) is 0.820.